The lowest BCUT2D eigenvalue weighted by atomic mass is 9.78. The quantitative estimate of drug-likeness (QED) is 0.933. The molecule has 1 amide bonds. The topological polar surface area (TPSA) is 51.2 Å². The van der Waals surface area contributed by atoms with Gasteiger partial charge in [0.15, 0.2) is 0 Å². The van der Waals surface area contributed by atoms with Crippen molar-refractivity contribution in [3.8, 4) is 0 Å². The normalized spacial score (nSPS) is 21.6. The molecule has 1 N–H and O–H groups in total. The van der Waals surface area contributed by atoms with Crippen LogP contribution in [0, 0.1) is 11.3 Å². The van der Waals surface area contributed by atoms with Crippen LogP contribution in [-0.4, -0.2) is 30.1 Å². The van der Waals surface area contributed by atoms with E-state index in [-0.39, 0.29) is 17.4 Å². The van der Waals surface area contributed by atoms with E-state index in [1.165, 1.54) is 0 Å². The van der Waals surface area contributed by atoms with Gasteiger partial charge in [-0.05, 0) is 29.7 Å². The van der Waals surface area contributed by atoms with Gasteiger partial charge in [-0.2, -0.15) is 0 Å². The molecule has 1 saturated heterocycles. The second-order valence-electron chi connectivity index (χ2n) is 7.65. The van der Waals surface area contributed by atoms with E-state index in [0.717, 1.165) is 30.2 Å². The summed E-state index contributed by atoms with van der Waals surface area (Å²) in [6.07, 6.45) is 4.01. The summed E-state index contributed by atoms with van der Waals surface area (Å²) in [4.78, 5) is 16.9. The standard InChI is InChI=1S/C20H26N2O2/c1-20(2,3)18-15(8-6-12-24-18)13-22-19(23)17-16-9-5-4-7-14(16)10-11-21-17/h4-5,7,9-11,15,18H,6,8,12-13H2,1-3H3,(H,22,23). The summed E-state index contributed by atoms with van der Waals surface area (Å²) < 4.78 is 6.00. The molecule has 0 radical (unpaired) electrons. The van der Waals surface area contributed by atoms with Gasteiger partial charge in [-0.15, -0.1) is 0 Å². The largest absolute Gasteiger partial charge is 0.377 e. The number of nitrogens with zero attached hydrogens (tertiary/aromatic N) is 1. The molecule has 2 aromatic rings. The molecule has 1 aromatic carbocycles. The Bertz CT molecular complexity index is 716. The molecule has 1 aliphatic rings. The van der Waals surface area contributed by atoms with Crippen LogP contribution in [0.4, 0.5) is 0 Å². The number of hydrogen-bond donors (Lipinski definition) is 1. The molecule has 0 bridgehead atoms. The number of fused-ring (bicyclic) bond motifs is 1. The lowest BCUT2D eigenvalue weighted by Gasteiger charge is -2.40. The van der Waals surface area contributed by atoms with E-state index in [1.807, 2.05) is 30.3 Å². The van der Waals surface area contributed by atoms with Gasteiger partial charge < -0.3 is 10.1 Å². The minimum absolute atomic E-state index is 0.0769. The highest BCUT2D eigenvalue weighted by atomic mass is 16.5. The predicted molar refractivity (Wildman–Crippen MR) is 96.0 cm³/mol. The van der Waals surface area contributed by atoms with Crippen molar-refractivity contribution in [3.05, 3.63) is 42.2 Å². The Morgan fingerprint density at radius 2 is 2.08 bits per heavy atom. The fraction of sp³-hybridized carbons (Fsp3) is 0.500. The zero-order chi connectivity index (χ0) is 17.2. The lowest BCUT2D eigenvalue weighted by Crippen LogP contribution is -2.45. The molecule has 2 unspecified atom stereocenters. The van der Waals surface area contributed by atoms with Crippen LogP contribution >= 0.6 is 0 Å². The van der Waals surface area contributed by atoms with E-state index < -0.39 is 0 Å². The highest BCUT2D eigenvalue weighted by Gasteiger charge is 2.35. The molecule has 0 saturated carbocycles. The van der Waals surface area contributed by atoms with Crippen LogP contribution < -0.4 is 5.32 Å². The van der Waals surface area contributed by atoms with Crippen molar-refractivity contribution in [1.29, 1.82) is 0 Å². The number of rotatable bonds is 3. The SMILES string of the molecule is CC(C)(C)C1OCCCC1CNC(=O)c1nccc2ccccc12. The van der Waals surface area contributed by atoms with E-state index >= 15 is 0 Å². The van der Waals surface area contributed by atoms with Crippen LogP contribution in [0.15, 0.2) is 36.5 Å². The Kier molecular flexibility index (Phi) is 4.86. The van der Waals surface area contributed by atoms with Crippen molar-refractivity contribution >= 4 is 16.7 Å². The van der Waals surface area contributed by atoms with Crippen LogP contribution in [-0.2, 0) is 4.74 Å². The lowest BCUT2D eigenvalue weighted by molar-refractivity contribution is -0.0839. The molecular weight excluding hydrogens is 300 g/mol. The zero-order valence-electron chi connectivity index (χ0n) is 14.7. The fourth-order valence-corrected chi connectivity index (χ4v) is 3.62. The molecule has 24 heavy (non-hydrogen) atoms. The van der Waals surface area contributed by atoms with E-state index in [1.54, 1.807) is 6.20 Å². The van der Waals surface area contributed by atoms with Gasteiger partial charge in [0.2, 0.25) is 0 Å². The first kappa shape index (κ1) is 16.9. The first-order valence-corrected chi connectivity index (χ1v) is 8.70. The summed E-state index contributed by atoms with van der Waals surface area (Å²) in [6.45, 7) is 8.04. The number of benzene rings is 1. The van der Waals surface area contributed by atoms with Gasteiger partial charge in [0, 0.05) is 30.7 Å². The first-order valence-electron chi connectivity index (χ1n) is 8.70. The van der Waals surface area contributed by atoms with Gasteiger partial charge >= 0.3 is 0 Å². The predicted octanol–water partition coefficient (Wildman–Crippen LogP) is 3.81. The second kappa shape index (κ2) is 6.89. The van der Waals surface area contributed by atoms with E-state index in [4.69, 9.17) is 4.74 Å². The molecule has 2 heterocycles. The van der Waals surface area contributed by atoms with Crippen LogP contribution in [0.3, 0.4) is 0 Å². The Morgan fingerprint density at radius 1 is 1.29 bits per heavy atom. The minimum Gasteiger partial charge on any atom is -0.377 e. The highest BCUT2D eigenvalue weighted by Crippen LogP contribution is 2.33. The van der Waals surface area contributed by atoms with Gasteiger partial charge in [0.1, 0.15) is 5.69 Å². The van der Waals surface area contributed by atoms with Gasteiger partial charge in [-0.25, -0.2) is 0 Å². The number of ether oxygens (including phenoxy) is 1. The second-order valence-corrected chi connectivity index (χ2v) is 7.65. The number of carbonyl (C=O) groups excluding carboxylic acids is 1. The molecule has 4 heteroatoms. The Morgan fingerprint density at radius 3 is 2.88 bits per heavy atom. The molecule has 2 atom stereocenters. The maximum atomic E-state index is 12.6. The Balaban J connectivity index is 1.72. The van der Waals surface area contributed by atoms with Gasteiger partial charge in [0.25, 0.3) is 5.91 Å². The molecule has 0 spiro atoms. The van der Waals surface area contributed by atoms with Crippen LogP contribution in [0.5, 0.6) is 0 Å². The number of amides is 1. The van der Waals surface area contributed by atoms with Crippen LogP contribution in [0.25, 0.3) is 10.8 Å². The van der Waals surface area contributed by atoms with E-state index in [2.05, 4.69) is 31.1 Å². The average Bonchev–Trinajstić information content (AvgIpc) is 2.58. The third-order valence-corrected chi connectivity index (χ3v) is 4.71. The number of carbonyl (C=O) groups is 1. The third kappa shape index (κ3) is 3.59. The summed E-state index contributed by atoms with van der Waals surface area (Å²) in [5.74, 6) is 0.239. The fourth-order valence-electron chi connectivity index (χ4n) is 3.62. The van der Waals surface area contributed by atoms with Crippen LogP contribution in [0.2, 0.25) is 0 Å². The summed E-state index contributed by atoms with van der Waals surface area (Å²) >= 11 is 0. The van der Waals surface area contributed by atoms with Gasteiger partial charge in [-0.1, -0.05) is 45.0 Å². The average molecular weight is 326 g/mol. The van der Waals surface area contributed by atoms with E-state index in [9.17, 15) is 4.79 Å². The van der Waals surface area contributed by atoms with Crippen molar-refractivity contribution in [1.82, 2.24) is 10.3 Å². The van der Waals surface area contributed by atoms with Crippen molar-refractivity contribution < 1.29 is 9.53 Å². The van der Waals surface area contributed by atoms with Gasteiger partial charge in [0.05, 0.1) is 6.10 Å². The maximum absolute atomic E-state index is 12.6. The number of aromatic nitrogens is 1. The number of hydrogen-bond acceptors (Lipinski definition) is 3. The summed E-state index contributed by atoms with van der Waals surface area (Å²) in [7, 11) is 0. The van der Waals surface area contributed by atoms with E-state index in [0.29, 0.717) is 18.2 Å². The van der Waals surface area contributed by atoms with Gasteiger partial charge in [-0.3, -0.25) is 9.78 Å². The third-order valence-electron chi connectivity index (χ3n) is 4.71. The smallest absolute Gasteiger partial charge is 0.270 e. The summed E-state index contributed by atoms with van der Waals surface area (Å²) in [5.41, 5.74) is 0.574. The zero-order valence-corrected chi connectivity index (χ0v) is 14.7. The molecular formula is C20H26N2O2. The highest BCUT2D eigenvalue weighted by molar-refractivity contribution is 6.05. The summed E-state index contributed by atoms with van der Waals surface area (Å²) in [5, 5.41) is 5.01. The molecule has 128 valence electrons. The maximum Gasteiger partial charge on any atom is 0.270 e. The molecule has 1 fully saturated rings. The van der Waals surface area contributed by atoms with Crippen molar-refractivity contribution in [2.45, 2.75) is 39.7 Å². The number of pyridine rings is 1. The minimum atomic E-state index is -0.106. The molecule has 1 aliphatic heterocycles. The van der Waals surface area contributed by atoms with Crippen molar-refractivity contribution in [2.24, 2.45) is 11.3 Å². The molecule has 3 rings (SSSR count). The molecule has 0 aliphatic carbocycles. The first-order chi connectivity index (χ1) is 11.5. The Hall–Kier alpha value is -1.94. The Labute approximate surface area is 143 Å². The molecule has 4 nitrogen and oxygen atoms in total. The van der Waals surface area contributed by atoms with Crippen molar-refractivity contribution in [2.75, 3.05) is 13.2 Å². The van der Waals surface area contributed by atoms with Crippen molar-refractivity contribution in [3.63, 3.8) is 0 Å². The monoisotopic (exact) mass is 326 g/mol. The number of nitrogens with one attached hydrogen (secondary N) is 1. The molecule has 1 aromatic heterocycles. The van der Waals surface area contributed by atoms with Crippen LogP contribution in [0.1, 0.15) is 44.1 Å². The summed E-state index contributed by atoms with van der Waals surface area (Å²) in [6, 6.07) is 9.77.